The number of anilines is 1. The molecule has 0 unspecified atom stereocenters. The summed E-state index contributed by atoms with van der Waals surface area (Å²) in [6.07, 6.45) is 1.82. The van der Waals surface area contributed by atoms with Crippen molar-refractivity contribution in [2.45, 2.75) is 19.3 Å². The van der Waals surface area contributed by atoms with Crippen LogP contribution in [0.1, 0.15) is 29.2 Å². The summed E-state index contributed by atoms with van der Waals surface area (Å²) in [7, 11) is 4.83. The van der Waals surface area contributed by atoms with Crippen molar-refractivity contribution in [2.75, 3.05) is 26.6 Å². The van der Waals surface area contributed by atoms with Crippen LogP contribution in [0.25, 0.3) is 17.2 Å². The van der Waals surface area contributed by atoms with Crippen LogP contribution in [-0.2, 0) is 4.79 Å². The number of carbonyl (C=O) groups excluding carboxylic acids is 1. The Balaban J connectivity index is 1.61. The fraction of sp³-hybridized carbons (Fsp3) is 0.240. The van der Waals surface area contributed by atoms with E-state index in [0.29, 0.717) is 23.0 Å². The van der Waals surface area contributed by atoms with Gasteiger partial charge in [0.15, 0.2) is 0 Å². The second-order valence-corrected chi connectivity index (χ2v) is 8.04. The van der Waals surface area contributed by atoms with Gasteiger partial charge >= 0.3 is 0 Å². The summed E-state index contributed by atoms with van der Waals surface area (Å²) in [6, 6.07) is 13.0. The van der Waals surface area contributed by atoms with Crippen molar-refractivity contribution in [3.05, 3.63) is 65.5 Å². The molecule has 4 aromatic rings. The fourth-order valence-corrected chi connectivity index (χ4v) is 4.35. The molecule has 10 nitrogen and oxygen atoms in total. The molecule has 0 radical (unpaired) electrons. The van der Waals surface area contributed by atoms with Gasteiger partial charge in [-0.1, -0.05) is 0 Å². The van der Waals surface area contributed by atoms with Crippen LogP contribution in [0.2, 0.25) is 0 Å². The molecule has 1 aliphatic heterocycles. The molecule has 0 fully saturated rings. The number of methoxy groups -OCH3 is 3. The van der Waals surface area contributed by atoms with Gasteiger partial charge in [0.2, 0.25) is 5.91 Å². The molecule has 5 rings (SSSR count). The first-order valence-corrected chi connectivity index (χ1v) is 11.0. The minimum Gasteiger partial charge on any atom is -0.497 e. The largest absolute Gasteiger partial charge is 0.497 e. The first-order valence-electron chi connectivity index (χ1n) is 11.0. The van der Waals surface area contributed by atoms with Gasteiger partial charge < -0.3 is 19.5 Å². The number of ether oxygens (including phenoxy) is 3. The maximum atomic E-state index is 12.8. The second kappa shape index (κ2) is 9.05. The van der Waals surface area contributed by atoms with Crippen molar-refractivity contribution in [3.8, 4) is 34.5 Å². The normalized spacial score (nSPS) is 14.7. The Morgan fingerprint density at radius 3 is 2.46 bits per heavy atom. The molecular weight excluding hydrogens is 448 g/mol. The SMILES string of the molecule is COc1ccc(-c2cnnc(-n3nc(C)c4c3NC(=O)C[C@@H]4c3cc(OC)ccc3OC)n2)cc1. The molecule has 1 aliphatic rings. The van der Waals surface area contributed by atoms with Crippen LogP contribution in [0.5, 0.6) is 17.2 Å². The minimum atomic E-state index is -0.282. The van der Waals surface area contributed by atoms with Crippen LogP contribution in [0, 0.1) is 6.92 Å². The van der Waals surface area contributed by atoms with E-state index in [1.165, 1.54) is 4.68 Å². The van der Waals surface area contributed by atoms with E-state index < -0.39 is 0 Å². The number of fused-ring (bicyclic) bond motifs is 1. The van der Waals surface area contributed by atoms with E-state index in [1.807, 2.05) is 49.4 Å². The molecule has 10 heteroatoms. The molecule has 0 spiro atoms. The van der Waals surface area contributed by atoms with E-state index in [4.69, 9.17) is 14.2 Å². The van der Waals surface area contributed by atoms with Crippen LogP contribution in [0.4, 0.5) is 5.82 Å². The minimum absolute atomic E-state index is 0.146. The molecular formula is C25H24N6O4. The third-order valence-electron chi connectivity index (χ3n) is 6.04. The molecule has 1 N–H and O–H groups in total. The number of hydrogen-bond donors (Lipinski definition) is 1. The van der Waals surface area contributed by atoms with Gasteiger partial charge in [-0.3, -0.25) is 4.79 Å². The Labute approximate surface area is 201 Å². The van der Waals surface area contributed by atoms with Gasteiger partial charge in [-0.15, -0.1) is 5.10 Å². The van der Waals surface area contributed by atoms with Crippen molar-refractivity contribution in [3.63, 3.8) is 0 Å². The highest BCUT2D eigenvalue weighted by molar-refractivity contribution is 5.95. The van der Waals surface area contributed by atoms with Crippen LogP contribution in [0.3, 0.4) is 0 Å². The Bertz CT molecular complexity index is 1400. The monoisotopic (exact) mass is 472 g/mol. The zero-order chi connectivity index (χ0) is 24.5. The summed E-state index contributed by atoms with van der Waals surface area (Å²) in [5.74, 6) is 2.43. The number of hydrogen-bond acceptors (Lipinski definition) is 8. The summed E-state index contributed by atoms with van der Waals surface area (Å²) in [5, 5.41) is 16.0. The number of nitrogens with one attached hydrogen (secondary N) is 1. The standard InChI is InChI=1S/C25H24N6O4/c1-14-23-19(18-11-17(34-3)9-10-21(18)35-4)12-22(32)28-24(23)31(30-14)25-27-20(13-26-29-25)15-5-7-16(33-2)8-6-15/h5-11,13,19H,12H2,1-4H3,(H,28,32)/t19-/m1/s1. The third kappa shape index (κ3) is 4.03. The Morgan fingerprint density at radius 1 is 1.00 bits per heavy atom. The quantitative estimate of drug-likeness (QED) is 0.453. The highest BCUT2D eigenvalue weighted by atomic mass is 16.5. The first kappa shape index (κ1) is 22.3. The Hall–Kier alpha value is -4.47. The smallest absolute Gasteiger partial charge is 0.272 e. The lowest BCUT2D eigenvalue weighted by molar-refractivity contribution is -0.116. The van der Waals surface area contributed by atoms with Gasteiger partial charge in [-0.2, -0.15) is 14.9 Å². The molecule has 0 saturated carbocycles. The summed E-state index contributed by atoms with van der Waals surface area (Å²) in [6.45, 7) is 1.90. The van der Waals surface area contributed by atoms with Crippen LogP contribution < -0.4 is 19.5 Å². The van der Waals surface area contributed by atoms with Crippen molar-refractivity contribution in [1.82, 2.24) is 25.0 Å². The van der Waals surface area contributed by atoms with E-state index in [0.717, 1.165) is 28.1 Å². The van der Waals surface area contributed by atoms with Gasteiger partial charge in [0.1, 0.15) is 23.1 Å². The maximum Gasteiger partial charge on any atom is 0.272 e. The van der Waals surface area contributed by atoms with E-state index in [9.17, 15) is 4.79 Å². The first-order chi connectivity index (χ1) is 17.0. The summed E-state index contributed by atoms with van der Waals surface area (Å²) < 4.78 is 17.8. The van der Waals surface area contributed by atoms with Crippen molar-refractivity contribution in [1.29, 1.82) is 0 Å². The molecule has 2 aromatic carbocycles. The fourth-order valence-electron chi connectivity index (χ4n) is 4.35. The Morgan fingerprint density at radius 2 is 1.74 bits per heavy atom. The average Bonchev–Trinajstić information content (AvgIpc) is 3.23. The van der Waals surface area contributed by atoms with E-state index in [1.54, 1.807) is 27.5 Å². The maximum absolute atomic E-state index is 12.8. The van der Waals surface area contributed by atoms with Crippen molar-refractivity contribution in [2.24, 2.45) is 0 Å². The van der Waals surface area contributed by atoms with E-state index in [-0.39, 0.29) is 24.2 Å². The highest BCUT2D eigenvalue weighted by Crippen LogP contribution is 2.44. The van der Waals surface area contributed by atoms with Crippen LogP contribution in [-0.4, -0.2) is 52.2 Å². The number of rotatable bonds is 6. The van der Waals surface area contributed by atoms with Gasteiger partial charge in [-0.05, 0) is 49.4 Å². The molecule has 35 heavy (non-hydrogen) atoms. The van der Waals surface area contributed by atoms with Gasteiger partial charge in [0.25, 0.3) is 5.95 Å². The predicted octanol–water partition coefficient (Wildman–Crippen LogP) is 3.53. The number of aryl methyl sites for hydroxylation is 1. The lowest BCUT2D eigenvalue weighted by Gasteiger charge is -2.25. The molecule has 0 bridgehead atoms. The molecule has 3 heterocycles. The van der Waals surface area contributed by atoms with Crippen molar-refractivity contribution < 1.29 is 19.0 Å². The second-order valence-electron chi connectivity index (χ2n) is 8.04. The number of carbonyl (C=O) groups is 1. The summed E-state index contributed by atoms with van der Waals surface area (Å²) in [4.78, 5) is 17.5. The lowest BCUT2D eigenvalue weighted by atomic mass is 9.85. The number of aromatic nitrogens is 5. The van der Waals surface area contributed by atoms with Gasteiger partial charge in [0, 0.05) is 29.0 Å². The summed E-state index contributed by atoms with van der Waals surface area (Å²) >= 11 is 0. The summed E-state index contributed by atoms with van der Waals surface area (Å²) in [5.41, 5.74) is 3.93. The molecule has 1 atom stereocenters. The Kier molecular flexibility index (Phi) is 5.77. The zero-order valence-corrected chi connectivity index (χ0v) is 19.8. The predicted molar refractivity (Wildman–Crippen MR) is 128 cm³/mol. The molecule has 1 amide bonds. The average molecular weight is 473 g/mol. The molecule has 2 aromatic heterocycles. The number of nitrogens with zero attached hydrogens (tertiary/aromatic N) is 5. The van der Waals surface area contributed by atoms with Gasteiger partial charge in [-0.25, -0.2) is 4.98 Å². The van der Waals surface area contributed by atoms with E-state index in [2.05, 4.69) is 25.6 Å². The van der Waals surface area contributed by atoms with E-state index >= 15 is 0 Å². The van der Waals surface area contributed by atoms with Gasteiger partial charge in [0.05, 0.1) is 38.9 Å². The highest BCUT2D eigenvalue weighted by Gasteiger charge is 2.35. The molecule has 178 valence electrons. The number of benzene rings is 2. The molecule has 0 saturated heterocycles. The number of amides is 1. The van der Waals surface area contributed by atoms with Crippen LogP contribution >= 0.6 is 0 Å². The third-order valence-corrected chi connectivity index (χ3v) is 6.04. The molecule has 0 aliphatic carbocycles. The van der Waals surface area contributed by atoms with Crippen molar-refractivity contribution >= 4 is 11.7 Å². The lowest BCUT2D eigenvalue weighted by Crippen LogP contribution is -2.25. The zero-order valence-electron chi connectivity index (χ0n) is 19.8. The topological polar surface area (TPSA) is 113 Å². The van der Waals surface area contributed by atoms with Crippen LogP contribution in [0.15, 0.2) is 48.7 Å².